The predicted octanol–water partition coefficient (Wildman–Crippen LogP) is 0.723. The van der Waals surface area contributed by atoms with E-state index in [0.29, 0.717) is 6.61 Å². The second-order valence-corrected chi connectivity index (χ2v) is 4.64. The smallest absolute Gasteiger partial charge is 0.325 e. The van der Waals surface area contributed by atoms with Crippen molar-refractivity contribution in [2.75, 3.05) is 32.8 Å². The molecule has 1 fully saturated rings. The van der Waals surface area contributed by atoms with E-state index in [1.54, 1.807) is 6.92 Å². The van der Waals surface area contributed by atoms with Crippen LogP contribution in [0.3, 0.4) is 0 Å². The molecule has 0 aromatic rings. The van der Waals surface area contributed by atoms with Crippen molar-refractivity contribution < 1.29 is 14.3 Å². The van der Waals surface area contributed by atoms with Gasteiger partial charge in [0.15, 0.2) is 0 Å². The number of amides is 2. The monoisotopic (exact) mass is 271 g/mol. The first-order chi connectivity index (χ1) is 9.19. The molecule has 19 heavy (non-hydrogen) atoms. The molecule has 6 heteroatoms. The molecule has 0 unspecified atom stereocenters. The van der Waals surface area contributed by atoms with Crippen LogP contribution in [0.4, 0.5) is 4.79 Å². The van der Waals surface area contributed by atoms with Crippen molar-refractivity contribution in [3.63, 3.8) is 0 Å². The highest BCUT2D eigenvalue weighted by Gasteiger charge is 2.24. The molecule has 0 bridgehead atoms. The van der Waals surface area contributed by atoms with Crippen LogP contribution >= 0.6 is 0 Å². The predicted molar refractivity (Wildman–Crippen MR) is 72.9 cm³/mol. The van der Waals surface area contributed by atoms with Gasteiger partial charge in [0.25, 0.3) is 0 Å². The van der Waals surface area contributed by atoms with Crippen molar-refractivity contribution in [1.82, 2.24) is 15.5 Å². The van der Waals surface area contributed by atoms with Gasteiger partial charge in [-0.25, -0.2) is 4.79 Å². The summed E-state index contributed by atoms with van der Waals surface area (Å²) in [4.78, 5) is 25.2. The molecule has 0 radical (unpaired) electrons. The fraction of sp³-hybridized carbons (Fsp3) is 0.846. The minimum absolute atomic E-state index is 0.0577. The lowest BCUT2D eigenvalue weighted by Gasteiger charge is -2.34. The van der Waals surface area contributed by atoms with E-state index in [2.05, 4.69) is 10.6 Å². The molecule has 2 amide bonds. The van der Waals surface area contributed by atoms with E-state index in [1.165, 1.54) is 0 Å². The second-order valence-electron chi connectivity index (χ2n) is 4.64. The lowest BCUT2D eigenvalue weighted by molar-refractivity contribution is -0.141. The number of hydrogen-bond donors (Lipinski definition) is 2. The first-order valence-electron chi connectivity index (χ1n) is 7.09. The summed E-state index contributed by atoms with van der Waals surface area (Å²) in [6.45, 7) is 6.68. The van der Waals surface area contributed by atoms with Crippen LogP contribution in [0.25, 0.3) is 0 Å². The number of esters is 1. The summed E-state index contributed by atoms with van der Waals surface area (Å²) < 4.78 is 4.80. The summed E-state index contributed by atoms with van der Waals surface area (Å²) in [7, 11) is 0. The molecule has 0 aromatic carbocycles. The van der Waals surface area contributed by atoms with Gasteiger partial charge in [0.1, 0.15) is 6.54 Å². The number of ether oxygens (including phenoxy) is 1. The summed E-state index contributed by atoms with van der Waals surface area (Å²) in [5.41, 5.74) is 0. The Balaban J connectivity index is 2.45. The van der Waals surface area contributed by atoms with Crippen LogP contribution in [0, 0.1) is 0 Å². The zero-order valence-corrected chi connectivity index (χ0v) is 11.9. The Morgan fingerprint density at radius 1 is 1.32 bits per heavy atom. The first kappa shape index (κ1) is 15.8. The van der Waals surface area contributed by atoms with Crippen LogP contribution in [-0.4, -0.2) is 55.7 Å². The van der Waals surface area contributed by atoms with E-state index in [0.717, 1.165) is 38.9 Å². The minimum atomic E-state index is -0.391. The van der Waals surface area contributed by atoms with Gasteiger partial charge in [-0.05, 0) is 39.3 Å². The molecule has 1 saturated heterocycles. The summed E-state index contributed by atoms with van der Waals surface area (Å²) in [6, 6.07) is 0.102. The second kappa shape index (κ2) is 8.74. The number of carbonyl (C=O) groups is 2. The Bertz CT molecular complexity index is 291. The Morgan fingerprint density at radius 2 is 2.00 bits per heavy atom. The van der Waals surface area contributed by atoms with Crippen molar-refractivity contribution >= 4 is 12.0 Å². The highest BCUT2D eigenvalue weighted by molar-refractivity contribution is 5.81. The maximum absolute atomic E-state index is 12.1. The fourth-order valence-electron chi connectivity index (χ4n) is 2.27. The zero-order chi connectivity index (χ0) is 14.1. The molecule has 0 saturated carbocycles. The van der Waals surface area contributed by atoms with E-state index in [9.17, 15) is 9.59 Å². The third kappa shape index (κ3) is 5.46. The van der Waals surface area contributed by atoms with Crippen molar-refractivity contribution in [3.05, 3.63) is 0 Å². The van der Waals surface area contributed by atoms with E-state index in [1.807, 2.05) is 11.8 Å². The highest BCUT2D eigenvalue weighted by Crippen LogP contribution is 2.12. The Morgan fingerprint density at radius 3 is 2.58 bits per heavy atom. The van der Waals surface area contributed by atoms with E-state index >= 15 is 0 Å². The van der Waals surface area contributed by atoms with Crippen LogP contribution in [0.2, 0.25) is 0 Å². The van der Waals surface area contributed by atoms with Crippen molar-refractivity contribution in [3.8, 4) is 0 Å². The highest BCUT2D eigenvalue weighted by atomic mass is 16.5. The molecule has 1 heterocycles. The number of carbonyl (C=O) groups excluding carboxylic acids is 2. The number of hydrogen-bond acceptors (Lipinski definition) is 4. The van der Waals surface area contributed by atoms with Gasteiger partial charge in [-0.3, -0.25) is 4.79 Å². The number of piperidine rings is 1. The molecular formula is C13H25N3O3. The van der Waals surface area contributed by atoms with Gasteiger partial charge < -0.3 is 20.3 Å². The van der Waals surface area contributed by atoms with E-state index < -0.39 is 5.97 Å². The average molecular weight is 271 g/mol. The van der Waals surface area contributed by atoms with E-state index in [-0.39, 0.29) is 18.6 Å². The molecule has 110 valence electrons. The largest absolute Gasteiger partial charge is 0.465 e. The van der Waals surface area contributed by atoms with E-state index in [4.69, 9.17) is 4.74 Å². The molecule has 0 aliphatic carbocycles. The SMILES string of the molecule is CCCN(C(=O)NCC(=O)OCC)C1CCNCC1. The van der Waals surface area contributed by atoms with Crippen LogP contribution < -0.4 is 10.6 Å². The van der Waals surface area contributed by atoms with Gasteiger partial charge in [0.2, 0.25) is 0 Å². The van der Waals surface area contributed by atoms with Gasteiger partial charge in [-0.15, -0.1) is 0 Å². The van der Waals surface area contributed by atoms with Crippen LogP contribution in [0.5, 0.6) is 0 Å². The topological polar surface area (TPSA) is 70.7 Å². The van der Waals surface area contributed by atoms with Gasteiger partial charge in [-0.1, -0.05) is 6.92 Å². The van der Waals surface area contributed by atoms with Crippen molar-refractivity contribution in [1.29, 1.82) is 0 Å². The van der Waals surface area contributed by atoms with Crippen LogP contribution in [-0.2, 0) is 9.53 Å². The summed E-state index contributed by atoms with van der Waals surface area (Å²) in [6.07, 6.45) is 2.84. The molecule has 1 aliphatic heterocycles. The van der Waals surface area contributed by atoms with Gasteiger partial charge >= 0.3 is 12.0 Å². The van der Waals surface area contributed by atoms with Crippen LogP contribution in [0.15, 0.2) is 0 Å². The van der Waals surface area contributed by atoms with Gasteiger partial charge in [0, 0.05) is 12.6 Å². The normalized spacial score (nSPS) is 15.9. The maximum Gasteiger partial charge on any atom is 0.325 e. The standard InChI is InChI=1S/C13H25N3O3/c1-3-9-16(11-5-7-14-8-6-11)13(18)15-10-12(17)19-4-2/h11,14H,3-10H2,1-2H3,(H,15,18). The quantitative estimate of drug-likeness (QED) is 0.698. The molecule has 6 nitrogen and oxygen atoms in total. The zero-order valence-electron chi connectivity index (χ0n) is 11.9. The number of urea groups is 1. The Hall–Kier alpha value is -1.30. The molecule has 1 aliphatic rings. The summed E-state index contributed by atoms with van der Waals surface area (Å²) in [5, 5.41) is 5.93. The fourth-order valence-corrected chi connectivity index (χ4v) is 2.27. The molecule has 0 spiro atoms. The molecular weight excluding hydrogens is 246 g/mol. The third-order valence-electron chi connectivity index (χ3n) is 3.16. The molecule has 2 N–H and O–H groups in total. The summed E-state index contributed by atoms with van der Waals surface area (Å²) >= 11 is 0. The van der Waals surface area contributed by atoms with Crippen molar-refractivity contribution in [2.45, 2.75) is 39.2 Å². The maximum atomic E-state index is 12.1. The van der Waals surface area contributed by atoms with Crippen molar-refractivity contribution in [2.24, 2.45) is 0 Å². The molecule has 0 aromatic heterocycles. The lowest BCUT2D eigenvalue weighted by Crippen LogP contribution is -2.51. The van der Waals surface area contributed by atoms with Gasteiger partial charge in [-0.2, -0.15) is 0 Å². The molecule has 0 atom stereocenters. The average Bonchev–Trinajstić information content (AvgIpc) is 2.43. The molecule has 1 rings (SSSR count). The summed E-state index contributed by atoms with van der Waals surface area (Å²) in [5.74, 6) is -0.391. The lowest BCUT2D eigenvalue weighted by atomic mass is 10.0. The Kier molecular flexibility index (Phi) is 7.25. The van der Waals surface area contributed by atoms with Gasteiger partial charge in [0.05, 0.1) is 6.61 Å². The third-order valence-corrected chi connectivity index (χ3v) is 3.16. The first-order valence-corrected chi connectivity index (χ1v) is 7.09. The number of nitrogens with zero attached hydrogens (tertiary/aromatic N) is 1. The number of nitrogens with one attached hydrogen (secondary N) is 2. The Labute approximate surface area is 114 Å². The number of rotatable bonds is 6. The minimum Gasteiger partial charge on any atom is -0.465 e. The van der Waals surface area contributed by atoms with Crippen LogP contribution in [0.1, 0.15) is 33.1 Å².